The first-order chi connectivity index (χ1) is 10.3. The number of aromatic nitrogens is 1. The van der Waals surface area contributed by atoms with Crippen LogP contribution in [0.3, 0.4) is 0 Å². The van der Waals surface area contributed by atoms with Crippen molar-refractivity contribution >= 4 is 11.7 Å². The topological polar surface area (TPSA) is 57.3 Å². The van der Waals surface area contributed by atoms with E-state index >= 15 is 0 Å². The molecule has 21 heavy (non-hydrogen) atoms. The Morgan fingerprint density at radius 3 is 3.24 bits per heavy atom. The van der Waals surface area contributed by atoms with Crippen molar-refractivity contribution in [3.8, 4) is 0 Å². The molecular formula is C16H24N4O. The normalized spacial score (nSPS) is 25.4. The number of carbonyl (C=O) groups excluding carboxylic acids is 1. The molecule has 2 N–H and O–H groups in total. The monoisotopic (exact) mass is 288 g/mol. The summed E-state index contributed by atoms with van der Waals surface area (Å²) in [5.41, 5.74) is 1.26. The van der Waals surface area contributed by atoms with Crippen LogP contribution >= 0.6 is 0 Å². The summed E-state index contributed by atoms with van der Waals surface area (Å²) >= 11 is 0. The average molecular weight is 288 g/mol. The van der Waals surface area contributed by atoms with Crippen LogP contribution in [0.2, 0.25) is 0 Å². The first kappa shape index (κ1) is 14.3. The molecule has 2 unspecified atom stereocenters. The van der Waals surface area contributed by atoms with Gasteiger partial charge in [0.25, 0.3) is 0 Å². The van der Waals surface area contributed by atoms with Gasteiger partial charge in [-0.1, -0.05) is 13.0 Å². The third-order valence-corrected chi connectivity index (χ3v) is 4.56. The Bertz CT molecular complexity index is 505. The maximum atomic E-state index is 11.5. The Morgan fingerprint density at radius 1 is 1.48 bits per heavy atom. The lowest BCUT2D eigenvalue weighted by molar-refractivity contribution is -0.124. The van der Waals surface area contributed by atoms with Gasteiger partial charge in [0.2, 0.25) is 5.91 Å². The molecule has 1 aromatic rings. The Hall–Kier alpha value is -1.62. The van der Waals surface area contributed by atoms with Crippen molar-refractivity contribution in [2.45, 2.75) is 38.8 Å². The van der Waals surface area contributed by atoms with Gasteiger partial charge in [-0.05, 0) is 31.4 Å². The zero-order valence-electron chi connectivity index (χ0n) is 12.6. The van der Waals surface area contributed by atoms with Crippen LogP contribution < -0.4 is 15.5 Å². The van der Waals surface area contributed by atoms with Crippen molar-refractivity contribution < 1.29 is 4.79 Å². The van der Waals surface area contributed by atoms with Gasteiger partial charge in [0.15, 0.2) is 0 Å². The second-order valence-electron chi connectivity index (χ2n) is 5.97. The molecule has 3 heterocycles. The van der Waals surface area contributed by atoms with Crippen molar-refractivity contribution in [3.63, 3.8) is 0 Å². The predicted octanol–water partition coefficient (Wildman–Crippen LogP) is 1.30. The van der Waals surface area contributed by atoms with Crippen molar-refractivity contribution in [2.24, 2.45) is 5.92 Å². The van der Waals surface area contributed by atoms with Gasteiger partial charge in [-0.25, -0.2) is 4.98 Å². The van der Waals surface area contributed by atoms with E-state index in [4.69, 9.17) is 0 Å². The molecular weight excluding hydrogens is 264 g/mol. The first-order valence-electron chi connectivity index (χ1n) is 7.97. The summed E-state index contributed by atoms with van der Waals surface area (Å²) in [6.45, 7) is 5.91. The zero-order valence-corrected chi connectivity index (χ0v) is 12.6. The molecule has 0 saturated carbocycles. The van der Waals surface area contributed by atoms with Gasteiger partial charge in [-0.2, -0.15) is 0 Å². The number of hydrogen-bond donors (Lipinski definition) is 2. The van der Waals surface area contributed by atoms with Crippen molar-refractivity contribution in [1.82, 2.24) is 15.6 Å². The van der Waals surface area contributed by atoms with Gasteiger partial charge in [0.1, 0.15) is 5.82 Å². The lowest BCUT2D eigenvalue weighted by atomic mass is 9.85. The summed E-state index contributed by atoms with van der Waals surface area (Å²) in [7, 11) is 0. The van der Waals surface area contributed by atoms with Crippen LogP contribution in [0.5, 0.6) is 0 Å². The molecule has 114 valence electrons. The number of rotatable bonds is 4. The third kappa shape index (κ3) is 3.18. The smallest absolute Gasteiger partial charge is 0.220 e. The van der Waals surface area contributed by atoms with Crippen LogP contribution in [0.15, 0.2) is 18.3 Å². The predicted molar refractivity (Wildman–Crippen MR) is 83.1 cm³/mol. The minimum Gasteiger partial charge on any atom is -0.356 e. The molecule has 0 bridgehead atoms. The van der Waals surface area contributed by atoms with Gasteiger partial charge in [-0.15, -0.1) is 0 Å². The highest BCUT2D eigenvalue weighted by Gasteiger charge is 2.34. The van der Waals surface area contributed by atoms with E-state index in [1.165, 1.54) is 5.56 Å². The summed E-state index contributed by atoms with van der Waals surface area (Å²) in [5.74, 6) is 1.88. The SMILES string of the molecule is CCNCc1cccnc1N1CCC2NC(=O)CCC2C1. The second-order valence-corrected chi connectivity index (χ2v) is 5.97. The number of nitrogens with one attached hydrogen (secondary N) is 2. The number of anilines is 1. The molecule has 2 fully saturated rings. The molecule has 5 heteroatoms. The van der Waals surface area contributed by atoms with Crippen LogP contribution in [0.4, 0.5) is 5.82 Å². The molecule has 0 radical (unpaired) electrons. The summed E-state index contributed by atoms with van der Waals surface area (Å²) in [4.78, 5) is 18.5. The van der Waals surface area contributed by atoms with Crippen molar-refractivity contribution in [2.75, 3.05) is 24.5 Å². The minimum absolute atomic E-state index is 0.218. The van der Waals surface area contributed by atoms with E-state index in [0.29, 0.717) is 18.4 Å². The van der Waals surface area contributed by atoms with E-state index < -0.39 is 0 Å². The molecule has 1 amide bonds. The van der Waals surface area contributed by atoms with Crippen LogP contribution in [-0.2, 0) is 11.3 Å². The fourth-order valence-electron chi connectivity index (χ4n) is 3.42. The lowest BCUT2D eigenvalue weighted by Crippen LogP contribution is -2.54. The molecule has 3 rings (SSSR count). The number of pyridine rings is 1. The van der Waals surface area contributed by atoms with Gasteiger partial charge in [0.05, 0.1) is 0 Å². The van der Waals surface area contributed by atoms with E-state index in [1.807, 2.05) is 12.3 Å². The van der Waals surface area contributed by atoms with Crippen LogP contribution in [0.25, 0.3) is 0 Å². The highest BCUT2D eigenvalue weighted by molar-refractivity contribution is 5.77. The summed E-state index contributed by atoms with van der Waals surface area (Å²) < 4.78 is 0. The second kappa shape index (κ2) is 6.43. The first-order valence-corrected chi connectivity index (χ1v) is 7.97. The van der Waals surface area contributed by atoms with E-state index in [0.717, 1.165) is 44.8 Å². The van der Waals surface area contributed by atoms with Gasteiger partial charge < -0.3 is 15.5 Å². The quantitative estimate of drug-likeness (QED) is 0.877. The number of nitrogens with zero attached hydrogens (tertiary/aromatic N) is 2. The standard InChI is InChI=1S/C16H24N4O/c1-2-17-10-12-4-3-8-18-16(12)20-9-7-14-13(11-20)5-6-15(21)19-14/h3-4,8,13-14,17H,2,5-7,9-11H2,1H3,(H,19,21). The number of carbonyl (C=O) groups is 1. The van der Waals surface area contributed by atoms with Gasteiger partial charge >= 0.3 is 0 Å². The number of hydrogen-bond acceptors (Lipinski definition) is 4. The number of fused-ring (bicyclic) bond motifs is 1. The van der Waals surface area contributed by atoms with E-state index in [9.17, 15) is 4.79 Å². The minimum atomic E-state index is 0.218. The van der Waals surface area contributed by atoms with E-state index in [-0.39, 0.29) is 5.91 Å². The molecule has 2 saturated heterocycles. The van der Waals surface area contributed by atoms with Gasteiger partial charge in [-0.3, -0.25) is 4.79 Å². The Balaban J connectivity index is 1.72. The fraction of sp³-hybridized carbons (Fsp3) is 0.625. The maximum Gasteiger partial charge on any atom is 0.220 e. The molecule has 5 nitrogen and oxygen atoms in total. The third-order valence-electron chi connectivity index (χ3n) is 4.56. The lowest BCUT2D eigenvalue weighted by Gasteiger charge is -2.42. The molecule has 2 atom stereocenters. The van der Waals surface area contributed by atoms with Gasteiger partial charge in [0, 0.05) is 43.9 Å². The highest BCUT2D eigenvalue weighted by Crippen LogP contribution is 2.29. The molecule has 0 aromatic carbocycles. The largest absolute Gasteiger partial charge is 0.356 e. The number of piperidine rings is 2. The Morgan fingerprint density at radius 2 is 2.38 bits per heavy atom. The van der Waals surface area contributed by atoms with Crippen molar-refractivity contribution in [3.05, 3.63) is 23.9 Å². The molecule has 2 aliphatic heterocycles. The summed E-state index contributed by atoms with van der Waals surface area (Å²) in [6.07, 6.45) is 4.57. The van der Waals surface area contributed by atoms with Crippen LogP contribution in [-0.4, -0.2) is 36.6 Å². The molecule has 0 aliphatic carbocycles. The molecule has 0 spiro atoms. The maximum absolute atomic E-state index is 11.5. The van der Waals surface area contributed by atoms with E-state index in [1.54, 1.807) is 0 Å². The van der Waals surface area contributed by atoms with Crippen LogP contribution in [0.1, 0.15) is 31.7 Å². The number of amides is 1. The highest BCUT2D eigenvalue weighted by atomic mass is 16.1. The average Bonchev–Trinajstić information content (AvgIpc) is 2.52. The fourth-order valence-corrected chi connectivity index (χ4v) is 3.42. The summed E-state index contributed by atoms with van der Waals surface area (Å²) in [6, 6.07) is 4.52. The van der Waals surface area contributed by atoms with E-state index in [2.05, 4.69) is 33.5 Å². The summed E-state index contributed by atoms with van der Waals surface area (Å²) in [5, 5.41) is 6.52. The van der Waals surface area contributed by atoms with Crippen LogP contribution in [0, 0.1) is 5.92 Å². The zero-order chi connectivity index (χ0) is 14.7. The molecule has 2 aliphatic rings. The Kier molecular flexibility index (Phi) is 4.39. The molecule has 1 aromatic heterocycles. The Labute approximate surface area is 126 Å². The van der Waals surface area contributed by atoms with Crippen molar-refractivity contribution in [1.29, 1.82) is 0 Å².